The highest BCUT2D eigenvalue weighted by atomic mass is 16.5. The Kier molecular flexibility index (Phi) is 2.78. The molecule has 0 aromatic carbocycles. The van der Waals surface area contributed by atoms with Crippen LogP contribution < -0.4 is 14.8 Å². The molecule has 1 fully saturated rings. The van der Waals surface area contributed by atoms with Gasteiger partial charge < -0.3 is 14.8 Å². The normalized spacial score (nSPS) is 20.8. The van der Waals surface area contributed by atoms with Crippen LogP contribution in [0.5, 0.6) is 11.8 Å². The molecule has 1 aromatic heterocycles. The summed E-state index contributed by atoms with van der Waals surface area (Å²) in [5, 5.41) is 3.22. The molecule has 5 heteroatoms. The molecule has 2 rings (SSSR count). The Bertz CT molecular complexity index is 283. The van der Waals surface area contributed by atoms with Gasteiger partial charge in [-0.15, -0.1) is 0 Å². The Balaban J connectivity index is 1.95. The standard InChI is InChI=1S/C9H13N3O2/c1-13-9-11-5-8(6-12-9)14-7-2-3-10-4-7/h5-7,10H,2-4H2,1H3. The number of hydrogen-bond donors (Lipinski definition) is 1. The van der Waals surface area contributed by atoms with E-state index >= 15 is 0 Å². The van der Waals surface area contributed by atoms with E-state index in [2.05, 4.69) is 15.3 Å². The number of methoxy groups -OCH3 is 1. The molecule has 5 nitrogen and oxygen atoms in total. The second-order valence-electron chi connectivity index (χ2n) is 3.14. The second-order valence-corrected chi connectivity index (χ2v) is 3.14. The number of rotatable bonds is 3. The van der Waals surface area contributed by atoms with E-state index in [4.69, 9.17) is 9.47 Å². The average Bonchev–Trinajstić information content (AvgIpc) is 2.72. The van der Waals surface area contributed by atoms with Gasteiger partial charge in [-0.2, -0.15) is 9.97 Å². The van der Waals surface area contributed by atoms with Crippen molar-refractivity contribution in [1.29, 1.82) is 0 Å². The second kappa shape index (κ2) is 4.23. The molecule has 1 aliphatic heterocycles. The van der Waals surface area contributed by atoms with Crippen molar-refractivity contribution in [3.8, 4) is 11.8 Å². The van der Waals surface area contributed by atoms with E-state index < -0.39 is 0 Å². The quantitative estimate of drug-likeness (QED) is 0.748. The van der Waals surface area contributed by atoms with Gasteiger partial charge in [0.05, 0.1) is 19.5 Å². The Morgan fingerprint density at radius 3 is 2.79 bits per heavy atom. The average molecular weight is 195 g/mol. The van der Waals surface area contributed by atoms with E-state index in [1.807, 2.05) is 0 Å². The van der Waals surface area contributed by atoms with Crippen molar-refractivity contribution < 1.29 is 9.47 Å². The van der Waals surface area contributed by atoms with Crippen LogP contribution in [0.15, 0.2) is 12.4 Å². The lowest BCUT2D eigenvalue weighted by molar-refractivity contribution is 0.220. The molecule has 1 aromatic rings. The smallest absolute Gasteiger partial charge is 0.316 e. The molecule has 1 atom stereocenters. The first-order chi connectivity index (χ1) is 6.88. The van der Waals surface area contributed by atoms with Crippen LogP contribution in [0.4, 0.5) is 0 Å². The summed E-state index contributed by atoms with van der Waals surface area (Å²) in [6.07, 6.45) is 4.53. The molecular formula is C9H13N3O2. The zero-order chi connectivity index (χ0) is 9.80. The molecule has 0 amide bonds. The predicted molar refractivity (Wildman–Crippen MR) is 50.5 cm³/mol. The fraction of sp³-hybridized carbons (Fsp3) is 0.556. The third kappa shape index (κ3) is 2.11. The molecule has 14 heavy (non-hydrogen) atoms. The molecule has 76 valence electrons. The van der Waals surface area contributed by atoms with Crippen LogP contribution in [0.25, 0.3) is 0 Å². The van der Waals surface area contributed by atoms with Crippen LogP contribution in [-0.2, 0) is 0 Å². The number of nitrogens with zero attached hydrogens (tertiary/aromatic N) is 2. The summed E-state index contributed by atoms with van der Waals surface area (Å²) in [5.74, 6) is 0.694. The predicted octanol–water partition coefficient (Wildman–Crippen LogP) is 0.226. The Labute approximate surface area is 82.5 Å². The molecule has 0 aliphatic carbocycles. The first kappa shape index (κ1) is 9.21. The summed E-state index contributed by atoms with van der Waals surface area (Å²) >= 11 is 0. The van der Waals surface area contributed by atoms with Crippen molar-refractivity contribution in [2.45, 2.75) is 12.5 Å². The first-order valence-corrected chi connectivity index (χ1v) is 4.62. The monoisotopic (exact) mass is 195 g/mol. The van der Waals surface area contributed by atoms with Crippen molar-refractivity contribution in [2.24, 2.45) is 0 Å². The van der Waals surface area contributed by atoms with Crippen molar-refractivity contribution in [3.05, 3.63) is 12.4 Å². The first-order valence-electron chi connectivity index (χ1n) is 4.62. The molecular weight excluding hydrogens is 182 g/mol. The van der Waals surface area contributed by atoms with Gasteiger partial charge in [-0.05, 0) is 13.0 Å². The van der Waals surface area contributed by atoms with E-state index in [-0.39, 0.29) is 6.10 Å². The van der Waals surface area contributed by atoms with Gasteiger partial charge >= 0.3 is 6.01 Å². The molecule has 1 aliphatic rings. The highest BCUT2D eigenvalue weighted by molar-refractivity contribution is 5.14. The third-order valence-corrected chi connectivity index (χ3v) is 2.10. The van der Waals surface area contributed by atoms with Crippen LogP contribution in [0.3, 0.4) is 0 Å². The SMILES string of the molecule is COc1ncc(OC2CCNC2)cn1. The van der Waals surface area contributed by atoms with Crippen molar-refractivity contribution in [3.63, 3.8) is 0 Å². The lowest BCUT2D eigenvalue weighted by Crippen LogP contribution is -2.19. The van der Waals surface area contributed by atoms with Crippen molar-refractivity contribution in [2.75, 3.05) is 20.2 Å². The maximum Gasteiger partial charge on any atom is 0.316 e. The Morgan fingerprint density at radius 1 is 1.43 bits per heavy atom. The van der Waals surface area contributed by atoms with Crippen LogP contribution in [0.2, 0.25) is 0 Å². The van der Waals surface area contributed by atoms with Crippen molar-refractivity contribution >= 4 is 0 Å². The molecule has 1 saturated heterocycles. The summed E-state index contributed by atoms with van der Waals surface area (Å²) in [5.41, 5.74) is 0. The molecule has 1 unspecified atom stereocenters. The lowest BCUT2D eigenvalue weighted by Gasteiger charge is -2.11. The molecule has 0 bridgehead atoms. The van der Waals surface area contributed by atoms with Crippen LogP contribution in [0.1, 0.15) is 6.42 Å². The minimum atomic E-state index is 0.243. The van der Waals surface area contributed by atoms with Gasteiger partial charge in [0.2, 0.25) is 0 Å². The van der Waals surface area contributed by atoms with Gasteiger partial charge in [-0.3, -0.25) is 0 Å². The highest BCUT2D eigenvalue weighted by Gasteiger charge is 2.15. The fourth-order valence-corrected chi connectivity index (χ4v) is 1.39. The zero-order valence-corrected chi connectivity index (χ0v) is 8.06. The highest BCUT2D eigenvalue weighted by Crippen LogP contribution is 2.13. The van der Waals surface area contributed by atoms with E-state index in [1.165, 1.54) is 7.11 Å². The molecule has 0 saturated carbocycles. The topological polar surface area (TPSA) is 56.3 Å². The van der Waals surface area contributed by atoms with Crippen LogP contribution in [0, 0.1) is 0 Å². The van der Waals surface area contributed by atoms with E-state index in [0.717, 1.165) is 19.5 Å². The summed E-state index contributed by atoms with van der Waals surface area (Å²) in [6, 6.07) is 0.363. The van der Waals surface area contributed by atoms with Gasteiger partial charge in [-0.1, -0.05) is 0 Å². The number of ether oxygens (including phenoxy) is 2. The van der Waals surface area contributed by atoms with Gasteiger partial charge in [-0.25, -0.2) is 0 Å². The minimum Gasteiger partial charge on any atom is -0.486 e. The van der Waals surface area contributed by atoms with E-state index in [9.17, 15) is 0 Å². The van der Waals surface area contributed by atoms with Crippen molar-refractivity contribution in [1.82, 2.24) is 15.3 Å². The lowest BCUT2D eigenvalue weighted by atomic mass is 10.3. The maximum atomic E-state index is 5.63. The Hall–Kier alpha value is -1.36. The molecule has 1 N–H and O–H groups in total. The third-order valence-electron chi connectivity index (χ3n) is 2.10. The minimum absolute atomic E-state index is 0.243. The largest absolute Gasteiger partial charge is 0.486 e. The maximum absolute atomic E-state index is 5.63. The van der Waals surface area contributed by atoms with E-state index in [1.54, 1.807) is 12.4 Å². The summed E-state index contributed by atoms with van der Waals surface area (Å²) in [7, 11) is 1.54. The Morgan fingerprint density at radius 2 is 2.21 bits per heavy atom. The summed E-state index contributed by atoms with van der Waals surface area (Å²) in [6.45, 7) is 1.91. The molecule has 0 spiro atoms. The number of hydrogen-bond acceptors (Lipinski definition) is 5. The van der Waals surface area contributed by atoms with Crippen LogP contribution >= 0.6 is 0 Å². The van der Waals surface area contributed by atoms with Gasteiger partial charge in [0, 0.05) is 6.54 Å². The zero-order valence-electron chi connectivity index (χ0n) is 8.06. The van der Waals surface area contributed by atoms with Gasteiger partial charge in [0.25, 0.3) is 0 Å². The number of nitrogens with one attached hydrogen (secondary N) is 1. The van der Waals surface area contributed by atoms with Crippen LogP contribution in [-0.4, -0.2) is 36.3 Å². The van der Waals surface area contributed by atoms with E-state index in [0.29, 0.717) is 11.8 Å². The fourth-order valence-electron chi connectivity index (χ4n) is 1.39. The summed E-state index contributed by atoms with van der Waals surface area (Å²) < 4.78 is 10.5. The number of aromatic nitrogens is 2. The molecule has 0 radical (unpaired) electrons. The summed E-state index contributed by atoms with van der Waals surface area (Å²) in [4.78, 5) is 7.92. The van der Waals surface area contributed by atoms with Gasteiger partial charge in [0.1, 0.15) is 6.10 Å². The van der Waals surface area contributed by atoms with Gasteiger partial charge in [0.15, 0.2) is 5.75 Å². The molecule has 2 heterocycles.